The summed E-state index contributed by atoms with van der Waals surface area (Å²) in [6, 6.07) is 8.29. The summed E-state index contributed by atoms with van der Waals surface area (Å²) < 4.78 is 52.1. The number of aliphatic hydroxyl groups excluding tert-OH is 1. The van der Waals surface area contributed by atoms with Crippen LogP contribution in [0.5, 0.6) is 0 Å². The van der Waals surface area contributed by atoms with Gasteiger partial charge in [-0.1, -0.05) is 6.07 Å². The van der Waals surface area contributed by atoms with E-state index in [0.717, 1.165) is 23.3 Å². The monoisotopic (exact) mass is 371 g/mol. The third kappa shape index (κ3) is 4.83. The number of aliphatic hydroxyl groups is 1. The highest BCUT2D eigenvalue weighted by atomic mass is 19.4. The van der Waals surface area contributed by atoms with E-state index in [-0.39, 0.29) is 30.2 Å². The maximum Gasteiger partial charge on any atom is 0.416 e. The van der Waals surface area contributed by atoms with E-state index in [0.29, 0.717) is 5.69 Å². The molecule has 0 saturated carbocycles. The zero-order valence-corrected chi connectivity index (χ0v) is 13.5. The Bertz CT molecular complexity index is 777. The summed E-state index contributed by atoms with van der Waals surface area (Å²) in [5, 5.41) is 16.2. The molecule has 26 heavy (non-hydrogen) atoms. The number of hydrogen-bond donors (Lipinski definition) is 4. The van der Waals surface area contributed by atoms with Crippen LogP contribution >= 0.6 is 0 Å². The first-order valence-corrected chi connectivity index (χ1v) is 7.42. The van der Waals surface area contributed by atoms with Crippen LogP contribution in [0.15, 0.2) is 47.6 Å². The minimum atomic E-state index is -4.45. The Hall–Kier alpha value is -2.85. The highest BCUT2D eigenvalue weighted by Gasteiger charge is 2.30. The van der Waals surface area contributed by atoms with Crippen molar-refractivity contribution in [1.82, 2.24) is 5.12 Å². The first-order chi connectivity index (χ1) is 12.2. The van der Waals surface area contributed by atoms with Gasteiger partial charge in [-0.15, -0.1) is 5.10 Å². The van der Waals surface area contributed by atoms with Crippen molar-refractivity contribution in [2.24, 2.45) is 16.7 Å². The van der Waals surface area contributed by atoms with E-state index >= 15 is 0 Å². The lowest BCUT2D eigenvalue weighted by Gasteiger charge is -2.16. The van der Waals surface area contributed by atoms with E-state index in [1.807, 2.05) is 0 Å². The van der Waals surface area contributed by atoms with Gasteiger partial charge in [0.05, 0.1) is 30.0 Å². The van der Waals surface area contributed by atoms with Crippen molar-refractivity contribution in [3.63, 3.8) is 0 Å². The molecule has 0 heterocycles. The van der Waals surface area contributed by atoms with Gasteiger partial charge >= 0.3 is 6.18 Å². The molecule has 0 aliphatic carbocycles. The fourth-order valence-corrected chi connectivity index (χ4v) is 2.13. The summed E-state index contributed by atoms with van der Waals surface area (Å²) in [6.45, 7) is -0.294. The van der Waals surface area contributed by atoms with Gasteiger partial charge in [0.15, 0.2) is 5.84 Å². The van der Waals surface area contributed by atoms with Crippen molar-refractivity contribution in [3.05, 3.63) is 59.4 Å². The van der Waals surface area contributed by atoms with Gasteiger partial charge in [-0.2, -0.15) is 13.2 Å². The molecule has 0 atom stereocenters. The third-order valence-electron chi connectivity index (χ3n) is 3.33. The van der Waals surface area contributed by atoms with Gasteiger partial charge in [0.1, 0.15) is 5.82 Å². The second-order valence-electron chi connectivity index (χ2n) is 5.23. The number of amidine groups is 1. The summed E-state index contributed by atoms with van der Waals surface area (Å²) in [4.78, 5) is 0. The fraction of sp³-hybridized carbons (Fsp3) is 0.188. The molecule has 0 fully saturated rings. The first-order valence-electron chi connectivity index (χ1n) is 7.42. The SMILES string of the molecule is N/C(=N\N(N)CCO)c1c(F)cccc1Nc1ccc(C(F)(F)F)cc1. The number of anilines is 2. The average molecular weight is 371 g/mol. The third-order valence-corrected chi connectivity index (χ3v) is 3.33. The molecule has 0 radical (unpaired) electrons. The maximum atomic E-state index is 14.2. The molecule has 0 aliphatic rings. The summed E-state index contributed by atoms with van der Waals surface area (Å²) in [5.74, 6) is 4.54. The van der Waals surface area contributed by atoms with Gasteiger partial charge in [0, 0.05) is 5.69 Å². The van der Waals surface area contributed by atoms with Crippen molar-refractivity contribution < 1.29 is 22.7 Å². The molecule has 0 aliphatic heterocycles. The topological polar surface area (TPSA) is 99.9 Å². The number of hydrazine groups is 1. The molecule has 6 N–H and O–H groups in total. The molecular weight excluding hydrogens is 354 g/mol. The van der Waals surface area contributed by atoms with Gasteiger partial charge in [0.2, 0.25) is 0 Å². The van der Waals surface area contributed by atoms with Gasteiger partial charge in [-0.05, 0) is 36.4 Å². The van der Waals surface area contributed by atoms with E-state index in [1.54, 1.807) is 0 Å². The van der Waals surface area contributed by atoms with E-state index < -0.39 is 17.6 Å². The standard InChI is InChI=1S/C16H17F4N5O/c17-12-2-1-3-13(14(12)15(21)24-25(22)8-9-26)23-11-6-4-10(5-7-11)16(18,19)20/h1-7,23,26H,8-9,22H2,(H2,21,24). The number of nitrogens with zero attached hydrogens (tertiary/aromatic N) is 2. The van der Waals surface area contributed by atoms with Crippen LogP contribution in [0.1, 0.15) is 11.1 Å². The smallest absolute Gasteiger partial charge is 0.394 e. The number of nitrogens with two attached hydrogens (primary N) is 2. The molecule has 2 aromatic rings. The molecule has 0 unspecified atom stereocenters. The molecule has 6 nitrogen and oxygen atoms in total. The molecule has 2 rings (SSSR count). The molecule has 10 heteroatoms. The summed E-state index contributed by atoms with van der Waals surface area (Å²) in [7, 11) is 0. The van der Waals surface area contributed by atoms with E-state index in [4.69, 9.17) is 16.7 Å². The Labute approximate surface area is 146 Å². The fourth-order valence-electron chi connectivity index (χ4n) is 2.13. The highest BCUT2D eigenvalue weighted by Crippen LogP contribution is 2.31. The molecule has 0 saturated heterocycles. The van der Waals surface area contributed by atoms with Crippen molar-refractivity contribution in [2.45, 2.75) is 6.18 Å². The number of hydrazone groups is 1. The van der Waals surface area contributed by atoms with Crippen molar-refractivity contribution in [3.8, 4) is 0 Å². The van der Waals surface area contributed by atoms with Crippen LogP contribution in [0.25, 0.3) is 0 Å². The first kappa shape index (κ1) is 19.5. The number of alkyl halides is 3. The number of benzene rings is 2. The Kier molecular flexibility index (Phi) is 6.01. The zero-order chi connectivity index (χ0) is 19.3. The van der Waals surface area contributed by atoms with Crippen LogP contribution in [0, 0.1) is 5.82 Å². The predicted octanol–water partition coefficient (Wildman–Crippen LogP) is 2.38. The number of nitrogens with one attached hydrogen (secondary N) is 1. The summed E-state index contributed by atoms with van der Waals surface area (Å²) in [5.41, 5.74) is 5.39. The minimum Gasteiger partial charge on any atom is -0.394 e. The van der Waals surface area contributed by atoms with E-state index in [1.165, 1.54) is 24.3 Å². The van der Waals surface area contributed by atoms with Crippen molar-refractivity contribution in [1.29, 1.82) is 0 Å². The van der Waals surface area contributed by atoms with Gasteiger partial charge in [-0.25, -0.2) is 15.4 Å². The Morgan fingerprint density at radius 3 is 2.38 bits per heavy atom. The lowest BCUT2D eigenvalue weighted by Crippen LogP contribution is -2.32. The Balaban J connectivity index is 2.32. The summed E-state index contributed by atoms with van der Waals surface area (Å²) in [6.07, 6.45) is -4.45. The quantitative estimate of drug-likeness (QED) is 0.205. The lowest BCUT2D eigenvalue weighted by atomic mass is 10.1. The van der Waals surface area contributed by atoms with E-state index in [9.17, 15) is 17.6 Å². The Morgan fingerprint density at radius 2 is 1.81 bits per heavy atom. The normalized spacial score (nSPS) is 12.2. The molecule has 0 bridgehead atoms. The number of halogens is 4. The largest absolute Gasteiger partial charge is 0.416 e. The molecule has 2 aromatic carbocycles. The minimum absolute atomic E-state index is 0.0170. The molecule has 140 valence electrons. The number of hydrogen-bond acceptors (Lipinski definition) is 5. The van der Waals surface area contributed by atoms with Crippen molar-refractivity contribution >= 4 is 17.2 Å². The van der Waals surface area contributed by atoms with Gasteiger partial charge in [-0.3, -0.25) is 0 Å². The highest BCUT2D eigenvalue weighted by molar-refractivity contribution is 6.03. The van der Waals surface area contributed by atoms with Crippen molar-refractivity contribution in [2.75, 3.05) is 18.5 Å². The zero-order valence-electron chi connectivity index (χ0n) is 13.5. The second kappa shape index (κ2) is 8.02. The second-order valence-corrected chi connectivity index (χ2v) is 5.23. The molecular formula is C16H17F4N5O. The van der Waals surface area contributed by atoms with Crippen LogP contribution in [0.2, 0.25) is 0 Å². The van der Waals surface area contributed by atoms with E-state index in [2.05, 4.69) is 10.4 Å². The van der Waals surface area contributed by atoms with Gasteiger partial charge < -0.3 is 16.2 Å². The summed E-state index contributed by atoms with van der Waals surface area (Å²) >= 11 is 0. The van der Waals surface area contributed by atoms with Crippen LogP contribution in [-0.2, 0) is 6.18 Å². The molecule has 0 aromatic heterocycles. The maximum absolute atomic E-state index is 14.2. The van der Waals surface area contributed by atoms with Crippen LogP contribution < -0.4 is 16.9 Å². The number of rotatable bonds is 6. The Morgan fingerprint density at radius 1 is 1.15 bits per heavy atom. The molecule has 0 amide bonds. The van der Waals surface area contributed by atoms with Crippen LogP contribution in [0.4, 0.5) is 28.9 Å². The van der Waals surface area contributed by atoms with Crippen LogP contribution in [0.3, 0.4) is 0 Å². The lowest BCUT2D eigenvalue weighted by molar-refractivity contribution is -0.137. The van der Waals surface area contributed by atoms with Gasteiger partial charge in [0.25, 0.3) is 0 Å². The van der Waals surface area contributed by atoms with Crippen LogP contribution in [-0.4, -0.2) is 29.2 Å². The molecule has 0 spiro atoms. The predicted molar refractivity (Wildman–Crippen MR) is 89.8 cm³/mol. The average Bonchev–Trinajstić information content (AvgIpc) is 2.54.